The smallest absolute Gasteiger partial charge is 0.355 e. The summed E-state index contributed by atoms with van der Waals surface area (Å²) in [5, 5.41) is 7.03. The Balaban J connectivity index is 1.41. The first kappa shape index (κ1) is 20.8. The Kier molecular flexibility index (Phi) is 5.88. The Morgan fingerprint density at radius 1 is 1.16 bits per heavy atom. The van der Waals surface area contributed by atoms with Crippen LogP contribution in [0.5, 0.6) is 0 Å². The van der Waals surface area contributed by atoms with Gasteiger partial charge in [0.2, 0.25) is 5.91 Å². The van der Waals surface area contributed by atoms with Crippen LogP contribution in [0.15, 0.2) is 55.1 Å². The Morgan fingerprint density at radius 2 is 2.03 bits per heavy atom. The van der Waals surface area contributed by atoms with Crippen LogP contribution in [-0.2, 0) is 17.5 Å². The molecular formula is C21H21F3N6O. The molecule has 1 atom stereocenters. The summed E-state index contributed by atoms with van der Waals surface area (Å²) in [6.45, 7) is 0.922. The summed E-state index contributed by atoms with van der Waals surface area (Å²) in [5.74, 6) is -0.0863. The highest BCUT2D eigenvalue weighted by atomic mass is 19.4. The van der Waals surface area contributed by atoms with Crippen LogP contribution in [0.2, 0.25) is 0 Å². The lowest BCUT2D eigenvalue weighted by atomic mass is 9.96. The van der Waals surface area contributed by atoms with Crippen LogP contribution in [0.4, 0.5) is 19.0 Å². The van der Waals surface area contributed by atoms with Gasteiger partial charge in [-0.15, -0.1) is 0 Å². The second-order valence-corrected chi connectivity index (χ2v) is 7.35. The Hall–Kier alpha value is -3.43. The van der Waals surface area contributed by atoms with Gasteiger partial charge in [-0.1, -0.05) is 0 Å². The molecule has 10 heteroatoms. The van der Waals surface area contributed by atoms with Crippen molar-refractivity contribution in [3.05, 3.63) is 66.2 Å². The summed E-state index contributed by atoms with van der Waals surface area (Å²) in [6.07, 6.45) is 3.14. The van der Waals surface area contributed by atoms with Crippen LogP contribution in [0, 0.1) is 5.92 Å². The van der Waals surface area contributed by atoms with Gasteiger partial charge >= 0.3 is 6.18 Å². The zero-order chi connectivity index (χ0) is 21.8. The number of pyridine rings is 2. The fourth-order valence-corrected chi connectivity index (χ4v) is 3.69. The molecule has 0 aliphatic carbocycles. The average molecular weight is 430 g/mol. The summed E-state index contributed by atoms with van der Waals surface area (Å²) >= 11 is 0. The first-order valence-electron chi connectivity index (χ1n) is 9.91. The van der Waals surface area contributed by atoms with Crippen molar-refractivity contribution < 1.29 is 18.0 Å². The fourth-order valence-electron chi connectivity index (χ4n) is 3.69. The van der Waals surface area contributed by atoms with Gasteiger partial charge in [0, 0.05) is 44.4 Å². The van der Waals surface area contributed by atoms with Crippen molar-refractivity contribution in [1.29, 1.82) is 0 Å². The van der Waals surface area contributed by atoms with Gasteiger partial charge in [-0.25, -0.2) is 14.6 Å². The number of amides is 1. The number of nitrogens with zero attached hydrogens (tertiary/aromatic N) is 5. The molecule has 3 aromatic heterocycles. The SMILES string of the molecule is O=C(NCc1ccnc(-n2cccn2)c1)C1CCCN(c2ncccc2C(F)(F)F)C1. The number of carbonyl (C=O) groups is 1. The number of hydrogen-bond acceptors (Lipinski definition) is 5. The van der Waals surface area contributed by atoms with Crippen molar-refractivity contribution in [1.82, 2.24) is 25.1 Å². The predicted octanol–water partition coefficient (Wildman–Crippen LogP) is 3.21. The topological polar surface area (TPSA) is 75.9 Å². The molecule has 0 spiro atoms. The maximum atomic E-state index is 13.3. The number of anilines is 1. The second-order valence-electron chi connectivity index (χ2n) is 7.35. The minimum atomic E-state index is -4.49. The molecule has 1 amide bonds. The minimum Gasteiger partial charge on any atom is -0.355 e. The number of hydrogen-bond donors (Lipinski definition) is 1. The second kappa shape index (κ2) is 8.75. The molecule has 1 unspecified atom stereocenters. The lowest BCUT2D eigenvalue weighted by Crippen LogP contribution is -2.43. The van der Waals surface area contributed by atoms with Gasteiger partial charge in [0.25, 0.3) is 0 Å². The van der Waals surface area contributed by atoms with E-state index in [4.69, 9.17) is 0 Å². The maximum absolute atomic E-state index is 13.3. The van der Waals surface area contributed by atoms with Crippen LogP contribution in [0.1, 0.15) is 24.0 Å². The third-order valence-corrected chi connectivity index (χ3v) is 5.20. The summed E-state index contributed by atoms with van der Waals surface area (Å²) in [6, 6.07) is 7.70. The molecule has 3 aromatic rings. The van der Waals surface area contributed by atoms with Gasteiger partial charge in [-0.3, -0.25) is 4.79 Å². The number of carbonyl (C=O) groups excluding carboxylic acids is 1. The molecular weight excluding hydrogens is 409 g/mol. The molecule has 4 rings (SSSR count). The van der Waals surface area contributed by atoms with Gasteiger partial charge in [0.15, 0.2) is 5.82 Å². The summed E-state index contributed by atoms with van der Waals surface area (Å²) in [7, 11) is 0. The van der Waals surface area contributed by atoms with Crippen molar-refractivity contribution in [3.8, 4) is 5.82 Å². The van der Waals surface area contributed by atoms with Crippen LogP contribution in [-0.4, -0.2) is 38.7 Å². The first-order chi connectivity index (χ1) is 14.9. The largest absolute Gasteiger partial charge is 0.419 e. The molecule has 7 nitrogen and oxygen atoms in total. The van der Waals surface area contributed by atoms with E-state index in [-0.39, 0.29) is 18.3 Å². The monoisotopic (exact) mass is 430 g/mol. The van der Waals surface area contributed by atoms with E-state index < -0.39 is 17.7 Å². The molecule has 1 saturated heterocycles. The lowest BCUT2D eigenvalue weighted by molar-refractivity contribution is -0.137. The summed E-state index contributed by atoms with van der Waals surface area (Å²) in [5.41, 5.74) is 0.0737. The molecule has 0 saturated carbocycles. The molecule has 162 valence electrons. The minimum absolute atomic E-state index is 0.120. The van der Waals surface area contributed by atoms with E-state index >= 15 is 0 Å². The molecule has 1 aliphatic heterocycles. The molecule has 0 aromatic carbocycles. The average Bonchev–Trinajstić information content (AvgIpc) is 3.32. The number of piperidine rings is 1. The zero-order valence-electron chi connectivity index (χ0n) is 16.6. The van der Waals surface area contributed by atoms with Crippen molar-refractivity contribution >= 4 is 11.7 Å². The van der Waals surface area contributed by atoms with Crippen LogP contribution >= 0.6 is 0 Å². The van der Waals surface area contributed by atoms with Crippen molar-refractivity contribution in [3.63, 3.8) is 0 Å². The van der Waals surface area contributed by atoms with Crippen LogP contribution in [0.3, 0.4) is 0 Å². The molecule has 0 bridgehead atoms. The third kappa shape index (κ3) is 4.84. The van der Waals surface area contributed by atoms with Gasteiger partial charge in [-0.05, 0) is 48.7 Å². The van der Waals surface area contributed by atoms with Crippen molar-refractivity contribution in [2.24, 2.45) is 5.92 Å². The van der Waals surface area contributed by atoms with Gasteiger partial charge in [0.1, 0.15) is 5.82 Å². The van der Waals surface area contributed by atoms with Crippen molar-refractivity contribution in [2.75, 3.05) is 18.0 Å². The van der Waals surface area contributed by atoms with Crippen molar-refractivity contribution in [2.45, 2.75) is 25.6 Å². The molecule has 1 N–H and O–H groups in total. The summed E-state index contributed by atoms with van der Waals surface area (Å²) < 4.78 is 41.7. The molecule has 1 aliphatic rings. The molecule has 0 radical (unpaired) electrons. The number of nitrogens with one attached hydrogen (secondary N) is 1. The predicted molar refractivity (Wildman–Crippen MR) is 107 cm³/mol. The highest BCUT2D eigenvalue weighted by molar-refractivity contribution is 5.79. The van der Waals surface area contributed by atoms with Gasteiger partial charge < -0.3 is 10.2 Å². The van der Waals surface area contributed by atoms with E-state index in [9.17, 15) is 18.0 Å². The Labute approximate surface area is 176 Å². The summed E-state index contributed by atoms with van der Waals surface area (Å²) in [4.78, 5) is 22.5. The standard InChI is InChI=1S/C21H21F3N6O/c22-21(23,24)17-5-1-7-26-19(17)29-10-2-4-16(14-29)20(31)27-13-15-6-9-25-18(12-15)30-11-3-8-28-30/h1,3,5-9,11-12,16H,2,4,10,13-14H2,(H,27,31). The Bertz CT molecular complexity index is 1040. The zero-order valence-corrected chi connectivity index (χ0v) is 16.6. The number of rotatable bonds is 5. The van der Waals surface area contributed by atoms with E-state index in [0.29, 0.717) is 31.7 Å². The van der Waals surface area contributed by atoms with E-state index in [1.807, 2.05) is 6.07 Å². The highest BCUT2D eigenvalue weighted by Crippen LogP contribution is 2.36. The molecule has 31 heavy (non-hydrogen) atoms. The van der Waals surface area contributed by atoms with E-state index in [2.05, 4.69) is 20.4 Å². The lowest BCUT2D eigenvalue weighted by Gasteiger charge is -2.34. The number of aromatic nitrogens is 4. The van der Waals surface area contributed by atoms with E-state index in [0.717, 1.165) is 11.6 Å². The van der Waals surface area contributed by atoms with Crippen LogP contribution in [0.25, 0.3) is 5.82 Å². The third-order valence-electron chi connectivity index (χ3n) is 5.20. The fraction of sp³-hybridized carbons (Fsp3) is 0.333. The molecule has 4 heterocycles. The van der Waals surface area contributed by atoms with Crippen LogP contribution < -0.4 is 10.2 Å². The first-order valence-corrected chi connectivity index (χ1v) is 9.91. The maximum Gasteiger partial charge on any atom is 0.419 e. The quantitative estimate of drug-likeness (QED) is 0.673. The van der Waals surface area contributed by atoms with Gasteiger partial charge in [0.05, 0.1) is 11.5 Å². The molecule has 1 fully saturated rings. The normalized spacial score (nSPS) is 16.9. The van der Waals surface area contributed by atoms with E-state index in [1.54, 1.807) is 40.3 Å². The number of halogens is 3. The van der Waals surface area contributed by atoms with Gasteiger partial charge in [-0.2, -0.15) is 18.3 Å². The number of alkyl halides is 3. The van der Waals surface area contributed by atoms with E-state index in [1.165, 1.54) is 12.3 Å². The Morgan fingerprint density at radius 3 is 2.81 bits per heavy atom. The highest BCUT2D eigenvalue weighted by Gasteiger charge is 2.37.